The minimum atomic E-state index is -0.112. The van der Waals surface area contributed by atoms with Crippen LogP contribution in [-0.4, -0.2) is 3.78 Å². The molecule has 13 heavy (non-hydrogen) atoms. The van der Waals surface area contributed by atoms with E-state index in [4.69, 9.17) is 11.6 Å². The van der Waals surface area contributed by atoms with Crippen LogP contribution in [0.2, 0.25) is 0 Å². The van der Waals surface area contributed by atoms with Gasteiger partial charge in [-0.15, -0.1) is 11.6 Å². The lowest BCUT2D eigenvalue weighted by molar-refractivity contribution is 0.205. The van der Waals surface area contributed by atoms with E-state index in [1.54, 1.807) is 5.57 Å². The Balaban J connectivity index is 2.19. The molecule has 72 valence electrons. The van der Waals surface area contributed by atoms with Crippen LogP contribution in [0.15, 0.2) is 23.8 Å². The van der Waals surface area contributed by atoms with Gasteiger partial charge < -0.3 is 0 Å². The first-order valence-electron chi connectivity index (χ1n) is 4.88. The summed E-state index contributed by atoms with van der Waals surface area (Å²) in [5.74, 6) is 1.15. The first-order valence-corrected chi connectivity index (χ1v) is 6.05. The van der Waals surface area contributed by atoms with Gasteiger partial charge in [-0.05, 0) is 19.8 Å². The summed E-state index contributed by atoms with van der Waals surface area (Å²) in [5.41, 5.74) is 1.55. The van der Waals surface area contributed by atoms with Crippen LogP contribution in [0.25, 0.3) is 0 Å². The fraction of sp³-hybridized carbons (Fsp3) is 0.636. The van der Waals surface area contributed by atoms with Crippen LogP contribution in [0.4, 0.5) is 0 Å². The Bertz CT molecular complexity index is 249. The summed E-state index contributed by atoms with van der Waals surface area (Å²) in [6.45, 7) is 2.05. The van der Waals surface area contributed by atoms with Crippen LogP contribution in [0.5, 0.6) is 0 Å². The molecule has 0 amide bonds. The number of halogens is 2. The van der Waals surface area contributed by atoms with Gasteiger partial charge in [0.15, 0.2) is 0 Å². The molecule has 0 spiro atoms. The third-order valence-corrected chi connectivity index (χ3v) is 4.83. The largest absolute Gasteiger partial charge is 0.112 e. The Labute approximate surface area is 93.2 Å². The Kier molecular flexibility index (Phi) is 2.59. The van der Waals surface area contributed by atoms with Gasteiger partial charge in [-0.1, -0.05) is 46.2 Å². The van der Waals surface area contributed by atoms with Crippen LogP contribution in [0, 0.1) is 11.8 Å². The van der Waals surface area contributed by atoms with Crippen molar-refractivity contribution < 1.29 is 0 Å². The number of alkyl halides is 2. The molecule has 0 aromatic heterocycles. The third-order valence-electron chi connectivity index (χ3n) is 3.20. The molecule has 0 aliphatic heterocycles. The molecule has 0 saturated heterocycles. The zero-order valence-electron chi connectivity index (χ0n) is 7.76. The van der Waals surface area contributed by atoms with Gasteiger partial charge in [0.05, 0.1) is 0 Å². The minimum absolute atomic E-state index is 0.112. The molecule has 3 rings (SSSR count). The monoisotopic (exact) mass is 260 g/mol. The smallest absolute Gasteiger partial charge is 0.105 e. The van der Waals surface area contributed by atoms with Crippen LogP contribution >= 0.6 is 27.5 Å². The van der Waals surface area contributed by atoms with Gasteiger partial charge >= 0.3 is 0 Å². The molecule has 2 atom stereocenters. The fourth-order valence-corrected chi connectivity index (χ4v) is 3.97. The Hall–Kier alpha value is 0.250. The summed E-state index contributed by atoms with van der Waals surface area (Å²) in [4.78, 5) is 0. The third kappa shape index (κ3) is 1.41. The average molecular weight is 262 g/mol. The molecule has 0 aromatic rings. The van der Waals surface area contributed by atoms with Gasteiger partial charge in [-0.2, -0.15) is 0 Å². The van der Waals surface area contributed by atoms with E-state index in [0.717, 1.165) is 0 Å². The van der Waals surface area contributed by atoms with Crippen LogP contribution in [-0.2, 0) is 0 Å². The summed E-state index contributed by atoms with van der Waals surface area (Å²) in [6, 6.07) is 0. The predicted molar refractivity (Wildman–Crippen MR) is 61.2 cm³/mol. The lowest BCUT2D eigenvalue weighted by Crippen LogP contribution is -2.51. The van der Waals surface area contributed by atoms with E-state index >= 15 is 0 Å². The molecule has 3 saturated carbocycles. The fourth-order valence-electron chi connectivity index (χ4n) is 2.52. The number of rotatable bonds is 1. The SMILES string of the molecule is C/C=C/C=C1C2CCCC1C2(Cl)Br. The molecule has 0 heterocycles. The molecule has 2 bridgehead atoms. The van der Waals surface area contributed by atoms with Gasteiger partial charge in [0, 0.05) is 11.8 Å². The highest BCUT2D eigenvalue weighted by Gasteiger charge is 2.57. The number of fused-ring (bicyclic) bond motifs is 2. The first-order chi connectivity index (χ1) is 6.18. The van der Waals surface area contributed by atoms with E-state index in [2.05, 4.69) is 34.2 Å². The number of hydrogen-bond donors (Lipinski definition) is 0. The van der Waals surface area contributed by atoms with E-state index in [-0.39, 0.29) is 3.78 Å². The molecule has 0 nitrogen and oxygen atoms in total. The predicted octanol–water partition coefficient (Wildman–Crippen LogP) is 4.25. The first kappa shape index (κ1) is 9.79. The van der Waals surface area contributed by atoms with Crippen molar-refractivity contribution >= 4 is 27.5 Å². The molecule has 0 N–H and O–H groups in total. The molecule has 3 fully saturated rings. The van der Waals surface area contributed by atoms with Gasteiger partial charge in [0.1, 0.15) is 3.78 Å². The highest BCUT2D eigenvalue weighted by molar-refractivity contribution is 9.10. The Morgan fingerprint density at radius 3 is 2.54 bits per heavy atom. The molecule has 3 aliphatic rings. The zero-order chi connectivity index (χ0) is 9.47. The molecule has 0 aromatic carbocycles. The average Bonchev–Trinajstić information content (AvgIpc) is 2.14. The second kappa shape index (κ2) is 3.43. The van der Waals surface area contributed by atoms with Crippen molar-refractivity contribution in [3.05, 3.63) is 23.8 Å². The van der Waals surface area contributed by atoms with E-state index in [9.17, 15) is 0 Å². The molecule has 2 unspecified atom stereocenters. The second-order valence-corrected chi connectivity index (χ2v) is 6.30. The zero-order valence-corrected chi connectivity index (χ0v) is 10.1. The van der Waals surface area contributed by atoms with Gasteiger partial charge in [0.25, 0.3) is 0 Å². The quantitative estimate of drug-likeness (QED) is 0.619. The standard InChI is InChI=1S/C11H14BrCl/c1-2-3-5-8-9-6-4-7-10(8)11(9,12)13/h2-3,5,9-10H,4,6-7H2,1H3/b3-2+,8-5?. The second-order valence-electron chi connectivity index (χ2n) is 3.90. The lowest BCUT2D eigenvalue weighted by atomic mass is 9.60. The molecule has 2 heteroatoms. The van der Waals surface area contributed by atoms with Gasteiger partial charge in [-0.25, -0.2) is 0 Å². The lowest BCUT2D eigenvalue weighted by Gasteiger charge is -2.55. The van der Waals surface area contributed by atoms with Crippen LogP contribution < -0.4 is 0 Å². The number of allylic oxidation sites excluding steroid dienone is 4. The van der Waals surface area contributed by atoms with Crippen molar-refractivity contribution in [3.63, 3.8) is 0 Å². The molecule has 3 aliphatic carbocycles. The van der Waals surface area contributed by atoms with Crippen molar-refractivity contribution in [2.75, 3.05) is 0 Å². The van der Waals surface area contributed by atoms with Crippen molar-refractivity contribution in [3.8, 4) is 0 Å². The van der Waals surface area contributed by atoms with Crippen molar-refractivity contribution in [2.24, 2.45) is 11.8 Å². The maximum atomic E-state index is 6.40. The highest BCUT2D eigenvalue weighted by Crippen LogP contribution is 2.64. The highest BCUT2D eigenvalue weighted by atomic mass is 79.9. The van der Waals surface area contributed by atoms with Crippen molar-refractivity contribution in [2.45, 2.75) is 30.0 Å². The summed E-state index contributed by atoms with van der Waals surface area (Å²) in [5, 5.41) is 0. The van der Waals surface area contributed by atoms with Crippen molar-refractivity contribution in [1.29, 1.82) is 0 Å². The van der Waals surface area contributed by atoms with Crippen LogP contribution in [0.1, 0.15) is 26.2 Å². The summed E-state index contributed by atoms with van der Waals surface area (Å²) < 4.78 is -0.112. The van der Waals surface area contributed by atoms with E-state index < -0.39 is 0 Å². The Morgan fingerprint density at radius 2 is 2.08 bits per heavy atom. The van der Waals surface area contributed by atoms with Crippen molar-refractivity contribution in [1.82, 2.24) is 0 Å². The maximum absolute atomic E-state index is 6.40. The normalized spacial score (nSPS) is 43.5. The van der Waals surface area contributed by atoms with Crippen LogP contribution in [0.3, 0.4) is 0 Å². The summed E-state index contributed by atoms with van der Waals surface area (Å²) in [7, 11) is 0. The molecular weight excluding hydrogens is 247 g/mol. The minimum Gasteiger partial charge on any atom is -0.105 e. The topological polar surface area (TPSA) is 0 Å². The van der Waals surface area contributed by atoms with Gasteiger partial charge in [-0.3, -0.25) is 0 Å². The maximum Gasteiger partial charge on any atom is 0.112 e. The summed E-state index contributed by atoms with van der Waals surface area (Å²) in [6.07, 6.45) is 10.3. The van der Waals surface area contributed by atoms with Gasteiger partial charge in [0.2, 0.25) is 0 Å². The molecule has 0 radical (unpaired) electrons. The number of hydrogen-bond acceptors (Lipinski definition) is 0. The Morgan fingerprint density at radius 1 is 1.46 bits per heavy atom. The van der Waals surface area contributed by atoms with E-state index in [0.29, 0.717) is 11.8 Å². The molecular formula is C11H14BrCl. The summed E-state index contributed by atoms with van der Waals surface area (Å²) >= 11 is 10.0. The van der Waals surface area contributed by atoms with E-state index in [1.807, 2.05) is 6.92 Å². The van der Waals surface area contributed by atoms with E-state index in [1.165, 1.54) is 19.3 Å².